The second-order valence-electron chi connectivity index (χ2n) is 8.07. The van der Waals surface area contributed by atoms with Crippen molar-refractivity contribution in [2.75, 3.05) is 0 Å². The van der Waals surface area contributed by atoms with Gasteiger partial charge in [-0.25, -0.2) is 0 Å². The van der Waals surface area contributed by atoms with E-state index in [1.807, 2.05) is 0 Å². The molecule has 0 saturated heterocycles. The average Bonchev–Trinajstić information content (AvgIpc) is 3.12. The largest absolute Gasteiger partial charge is 4.00 e. The Morgan fingerprint density at radius 3 is 2.28 bits per heavy atom. The van der Waals surface area contributed by atoms with Crippen LogP contribution in [0.15, 0.2) is 72.8 Å². The van der Waals surface area contributed by atoms with Crippen LogP contribution in [-0.2, 0) is 21.7 Å². The minimum atomic E-state index is -0.378. The molecule has 1 unspecified atom stereocenters. The summed E-state index contributed by atoms with van der Waals surface area (Å²) in [5, 5.41) is 2.11. The zero-order valence-electron chi connectivity index (χ0n) is 16.8. The summed E-state index contributed by atoms with van der Waals surface area (Å²) in [6.45, 7) is 0. The Morgan fingerprint density at radius 2 is 1.62 bits per heavy atom. The van der Waals surface area contributed by atoms with Crippen LogP contribution in [0, 0.1) is 5.92 Å². The second kappa shape index (κ2) is 14.0. The molecule has 0 aliphatic heterocycles. The second-order valence-corrected chi connectivity index (χ2v) is 10.6. The topological polar surface area (TPSA) is 0 Å². The third kappa shape index (κ3) is 7.49. The average molecular weight is 500 g/mol. The van der Waals surface area contributed by atoms with Crippen molar-refractivity contribution in [3.05, 3.63) is 72.8 Å². The first-order valence-electron chi connectivity index (χ1n) is 9.99. The minimum Gasteiger partial charge on any atom is -1.00 e. The van der Waals surface area contributed by atoms with Crippen LogP contribution in [-0.4, -0.2) is 9.52 Å². The quantitative estimate of drug-likeness (QED) is 0.296. The summed E-state index contributed by atoms with van der Waals surface area (Å²) in [6.07, 6.45) is 19.5. The summed E-state index contributed by atoms with van der Waals surface area (Å²) in [5.74, 6) is 0.951. The number of hydrogen-bond donors (Lipinski definition) is 0. The molecule has 2 aliphatic carbocycles. The Balaban J connectivity index is 0.00000196. The molecule has 0 spiro atoms. The Morgan fingerprint density at radius 1 is 0.897 bits per heavy atom. The van der Waals surface area contributed by atoms with Gasteiger partial charge in [0.1, 0.15) is 0 Å². The molecule has 0 nitrogen and oxygen atoms in total. The molecule has 1 fully saturated rings. The van der Waals surface area contributed by atoms with Crippen LogP contribution in [0.1, 0.15) is 44.9 Å². The Bertz CT molecular complexity index is 750. The molecule has 2 aromatic carbocycles. The predicted molar refractivity (Wildman–Crippen MR) is 112 cm³/mol. The van der Waals surface area contributed by atoms with E-state index in [0.717, 1.165) is 5.92 Å². The van der Waals surface area contributed by atoms with Gasteiger partial charge >= 0.3 is 21.7 Å². The van der Waals surface area contributed by atoms with E-state index in [9.17, 15) is 0 Å². The van der Waals surface area contributed by atoms with Crippen LogP contribution in [0.25, 0.3) is 11.1 Å². The molecule has 2 aliphatic rings. The molecule has 4 rings (SSSR count). The van der Waals surface area contributed by atoms with E-state index in [0.29, 0.717) is 5.04 Å². The zero-order chi connectivity index (χ0) is 17.0. The normalized spacial score (nSPS) is 21.0. The molecule has 1 atom stereocenters. The van der Waals surface area contributed by atoms with Crippen molar-refractivity contribution in [2.45, 2.75) is 50.0 Å². The van der Waals surface area contributed by atoms with Crippen molar-refractivity contribution in [2.24, 2.45) is 5.92 Å². The smallest absolute Gasteiger partial charge is 1.00 e. The van der Waals surface area contributed by atoms with Crippen molar-refractivity contribution in [1.29, 1.82) is 0 Å². The number of allylic oxidation sites excluding steroid dienone is 4. The predicted octanol–water partition coefficient (Wildman–Crippen LogP) is -3.48. The van der Waals surface area contributed by atoms with Gasteiger partial charge < -0.3 is 37.2 Å². The maximum Gasteiger partial charge on any atom is 4.00 e. The summed E-state index contributed by atoms with van der Waals surface area (Å²) in [6, 6.07) is 18.0. The van der Waals surface area contributed by atoms with Gasteiger partial charge in [-0.15, -0.1) is 16.3 Å². The van der Waals surface area contributed by atoms with Crippen LogP contribution >= 0.6 is 0 Å². The molecular weight excluding hydrogens is 471 g/mol. The number of benzene rings is 1. The van der Waals surface area contributed by atoms with Crippen molar-refractivity contribution >= 4 is 14.7 Å². The van der Waals surface area contributed by atoms with E-state index in [4.69, 9.17) is 0 Å². The van der Waals surface area contributed by atoms with Gasteiger partial charge in [-0.1, -0.05) is 86.7 Å². The molecule has 0 N–H and O–H groups in total. The molecule has 0 radical (unpaired) electrons. The van der Waals surface area contributed by atoms with Gasteiger partial charge in [0.15, 0.2) is 0 Å². The number of hydrogen-bond acceptors (Lipinski definition) is 0. The van der Waals surface area contributed by atoms with Gasteiger partial charge in [-0.2, -0.15) is 18.2 Å². The van der Waals surface area contributed by atoms with Crippen LogP contribution in [0.4, 0.5) is 0 Å². The minimum absolute atomic E-state index is 0. The zero-order valence-corrected chi connectivity index (χ0v) is 22.0. The summed E-state index contributed by atoms with van der Waals surface area (Å²) < 4.78 is 0. The first-order valence-corrected chi connectivity index (χ1v) is 11.4. The van der Waals surface area contributed by atoms with Gasteiger partial charge in [0.25, 0.3) is 0 Å². The van der Waals surface area contributed by atoms with Crippen molar-refractivity contribution in [3.8, 4) is 11.1 Å². The molecule has 5 heteroatoms. The van der Waals surface area contributed by atoms with E-state index < -0.39 is 0 Å². The standard InChI is InChI=1S/C24H29Si.3ClH.Ti/c1-4-11-20(12-5-1)19-24(17-8-3-9-18-24)25-23-16-10-15-22(23)21-13-6-2-7-14-21;;;;/h2-3,6-10,13-17,20H,1,4-5,11-12,18-19,25H2;3*1H;/q-1;;;;+4/p-3. The van der Waals surface area contributed by atoms with Gasteiger partial charge in [0.05, 0.1) is 0 Å². The molecule has 0 heterocycles. The van der Waals surface area contributed by atoms with Crippen LogP contribution in [0.3, 0.4) is 0 Å². The summed E-state index contributed by atoms with van der Waals surface area (Å²) in [4.78, 5) is 0. The molecule has 29 heavy (non-hydrogen) atoms. The van der Waals surface area contributed by atoms with Gasteiger partial charge in [0.2, 0.25) is 0 Å². The van der Waals surface area contributed by atoms with Gasteiger partial charge in [-0.05, 0) is 23.8 Å². The summed E-state index contributed by atoms with van der Waals surface area (Å²) in [7, 11) is -0.378. The van der Waals surface area contributed by atoms with Crippen LogP contribution in [0.2, 0.25) is 5.04 Å². The van der Waals surface area contributed by atoms with E-state index in [2.05, 4.69) is 72.8 Å². The third-order valence-corrected chi connectivity index (χ3v) is 8.69. The van der Waals surface area contributed by atoms with Crippen molar-refractivity contribution in [1.82, 2.24) is 0 Å². The molecule has 154 valence electrons. The fourth-order valence-electron chi connectivity index (χ4n) is 4.92. The van der Waals surface area contributed by atoms with E-state index in [-0.39, 0.29) is 68.5 Å². The van der Waals surface area contributed by atoms with E-state index in [1.165, 1.54) is 56.1 Å². The molecular formula is C24H29Cl3SiTi. The molecule has 0 amide bonds. The van der Waals surface area contributed by atoms with E-state index in [1.54, 1.807) is 5.19 Å². The van der Waals surface area contributed by atoms with Gasteiger partial charge in [-0.3, -0.25) is 0 Å². The Hall–Kier alpha value is -0.149. The van der Waals surface area contributed by atoms with E-state index >= 15 is 0 Å². The fraction of sp³-hybridized carbons (Fsp3) is 0.375. The van der Waals surface area contributed by atoms with Crippen molar-refractivity contribution in [3.63, 3.8) is 0 Å². The summed E-state index contributed by atoms with van der Waals surface area (Å²) in [5.41, 5.74) is 2.87. The van der Waals surface area contributed by atoms with Crippen molar-refractivity contribution < 1.29 is 58.9 Å². The molecule has 2 aromatic rings. The monoisotopic (exact) mass is 498 g/mol. The summed E-state index contributed by atoms with van der Waals surface area (Å²) >= 11 is 0. The van der Waals surface area contributed by atoms with Gasteiger partial charge in [0, 0.05) is 9.52 Å². The third-order valence-electron chi connectivity index (χ3n) is 6.17. The maximum atomic E-state index is 2.58. The Kier molecular flexibility index (Phi) is 13.9. The first-order chi connectivity index (χ1) is 12.3. The number of halogens is 3. The first kappa shape index (κ1) is 28.9. The molecule has 0 bridgehead atoms. The Labute approximate surface area is 212 Å². The van der Waals surface area contributed by atoms with Crippen LogP contribution in [0.5, 0.6) is 0 Å². The van der Waals surface area contributed by atoms with Crippen LogP contribution < -0.4 is 42.4 Å². The SMILES string of the molecule is C1=CCC(CC2CCCCC2)([SiH2][c-]2cccc2-c2ccccc2)C=C1.[Cl-].[Cl-].[Cl-].[Ti+4]. The number of rotatable bonds is 5. The fourth-order valence-corrected chi connectivity index (χ4v) is 7.56. The molecule has 0 aromatic heterocycles. The molecule has 1 saturated carbocycles. The maximum absolute atomic E-state index is 2.58.